The average Bonchev–Trinajstić information content (AvgIpc) is 3.15. The molecule has 0 aliphatic heterocycles. The summed E-state index contributed by atoms with van der Waals surface area (Å²) >= 11 is 0. The van der Waals surface area contributed by atoms with Gasteiger partial charge in [0, 0.05) is 5.56 Å². The number of nitrogens with one attached hydrogen (secondary N) is 1. The molecule has 27 heavy (non-hydrogen) atoms. The van der Waals surface area contributed by atoms with Gasteiger partial charge in [-0.1, -0.05) is 56.3 Å². The van der Waals surface area contributed by atoms with Crippen molar-refractivity contribution in [3.8, 4) is 17.1 Å². The van der Waals surface area contributed by atoms with E-state index in [1.165, 1.54) is 4.80 Å². The van der Waals surface area contributed by atoms with Gasteiger partial charge in [-0.15, -0.1) is 10.2 Å². The van der Waals surface area contributed by atoms with Gasteiger partial charge in [0.2, 0.25) is 11.7 Å². The molecule has 2 aromatic carbocycles. The van der Waals surface area contributed by atoms with Crippen molar-refractivity contribution in [3.63, 3.8) is 0 Å². The number of ether oxygens (including phenoxy) is 1. The molecule has 0 radical (unpaired) electrons. The number of aromatic nitrogens is 4. The Labute approximate surface area is 158 Å². The highest BCUT2D eigenvalue weighted by molar-refractivity contribution is 5.76. The van der Waals surface area contributed by atoms with Gasteiger partial charge in [-0.3, -0.25) is 4.79 Å². The number of tetrazole rings is 1. The van der Waals surface area contributed by atoms with E-state index in [0.717, 1.165) is 11.1 Å². The standard InChI is InChI=1S/C20H23N5O2/c1-14(2)19(15-8-5-4-6-9-15)21-18(26)13-25-23-20(22-24-25)16-10-7-11-17(12-16)27-3/h4-12,14,19H,13H2,1-3H3,(H,21,26). The largest absolute Gasteiger partial charge is 0.497 e. The lowest BCUT2D eigenvalue weighted by atomic mass is 9.96. The quantitative estimate of drug-likeness (QED) is 0.696. The molecule has 3 aromatic rings. The Hall–Kier alpha value is -3.22. The first kappa shape index (κ1) is 18.6. The third kappa shape index (κ3) is 4.69. The molecular weight excluding hydrogens is 342 g/mol. The summed E-state index contributed by atoms with van der Waals surface area (Å²) in [4.78, 5) is 13.8. The Morgan fingerprint density at radius 1 is 1.15 bits per heavy atom. The summed E-state index contributed by atoms with van der Waals surface area (Å²) in [5.41, 5.74) is 1.86. The molecule has 0 fully saturated rings. The highest BCUT2D eigenvalue weighted by Crippen LogP contribution is 2.22. The highest BCUT2D eigenvalue weighted by Gasteiger charge is 2.19. The van der Waals surface area contributed by atoms with Crippen LogP contribution in [0.2, 0.25) is 0 Å². The van der Waals surface area contributed by atoms with Crippen molar-refractivity contribution < 1.29 is 9.53 Å². The van der Waals surface area contributed by atoms with E-state index in [4.69, 9.17) is 4.74 Å². The number of hydrogen-bond donors (Lipinski definition) is 1. The molecule has 7 heteroatoms. The van der Waals surface area contributed by atoms with Crippen molar-refractivity contribution in [2.75, 3.05) is 7.11 Å². The van der Waals surface area contributed by atoms with Crippen LogP contribution in [0.15, 0.2) is 54.6 Å². The molecule has 1 N–H and O–H groups in total. The molecule has 1 heterocycles. The third-order valence-corrected chi connectivity index (χ3v) is 4.21. The van der Waals surface area contributed by atoms with Gasteiger partial charge in [-0.05, 0) is 28.8 Å². The van der Waals surface area contributed by atoms with E-state index < -0.39 is 0 Å². The molecule has 140 valence electrons. The lowest BCUT2D eigenvalue weighted by molar-refractivity contribution is -0.123. The Kier molecular flexibility index (Phi) is 5.80. The Morgan fingerprint density at radius 2 is 1.93 bits per heavy atom. The van der Waals surface area contributed by atoms with Crippen LogP contribution in [0, 0.1) is 5.92 Å². The monoisotopic (exact) mass is 365 g/mol. The van der Waals surface area contributed by atoms with Crippen LogP contribution in [0.5, 0.6) is 5.75 Å². The number of rotatable bonds is 7. The second-order valence-electron chi connectivity index (χ2n) is 6.58. The van der Waals surface area contributed by atoms with E-state index in [1.54, 1.807) is 7.11 Å². The maximum absolute atomic E-state index is 12.5. The number of methoxy groups -OCH3 is 1. The third-order valence-electron chi connectivity index (χ3n) is 4.21. The van der Waals surface area contributed by atoms with Crippen molar-refractivity contribution in [2.45, 2.75) is 26.4 Å². The maximum atomic E-state index is 12.5. The van der Waals surface area contributed by atoms with Gasteiger partial charge < -0.3 is 10.1 Å². The molecule has 0 saturated carbocycles. The molecular formula is C20H23N5O2. The molecule has 0 aliphatic rings. The van der Waals surface area contributed by atoms with Crippen LogP contribution in [0.1, 0.15) is 25.5 Å². The van der Waals surface area contributed by atoms with Gasteiger partial charge in [0.1, 0.15) is 12.3 Å². The molecule has 0 spiro atoms. The smallest absolute Gasteiger partial charge is 0.244 e. The highest BCUT2D eigenvalue weighted by atomic mass is 16.5. The fourth-order valence-corrected chi connectivity index (χ4v) is 2.83. The molecule has 7 nitrogen and oxygen atoms in total. The van der Waals surface area contributed by atoms with E-state index in [2.05, 4.69) is 34.6 Å². The van der Waals surface area contributed by atoms with Crippen LogP contribution in [-0.4, -0.2) is 33.2 Å². The zero-order valence-corrected chi connectivity index (χ0v) is 15.7. The lowest BCUT2D eigenvalue weighted by Crippen LogP contribution is -2.34. The van der Waals surface area contributed by atoms with E-state index in [9.17, 15) is 4.79 Å². The van der Waals surface area contributed by atoms with Crippen molar-refractivity contribution in [1.82, 2.24) is 25.5 Å². The SMILES string of the molecule is COc1cccc(-c2nnn(CC(=O)NC(c3ccccc3)C(C)C)n2)c1. The zero-order chi connectivity index (χ0) is 19.2. The summed E-state index contributed by atoms with van der Waals surface area (Å²) in [5, 5.41) is 15.4. The van der Waals surface area contributed by atoms with Gasteiger partial charge in [0.05, 0.1) is 13.2 Å². The van der Waals surface area contributed by atoms with Gasteiger partial charge >= 0.3 is 0 Å². The van der Waals surface area contributed by atoms with Crippen LogP contribution in [0.3, 0.4) is 0 Å². The average molecular weight is 365 g/mol. The summed E-state index contributed by atoms with van der Waals surface area (Å²) in [6, 6.07) is 17.2. The Bertz CT molecular complexity index is 892. The topological polar surface area (TPSA) is 81.9 Å². The Morgan fingerprint density at radius 3 is 2.63 bits per heavy atom. The summed E-state index contributed by atoms with van der Waals surface area (Å²) in [6.45, 7) is 4.16. The minimum Gasteiger partial charge on any atom is -0.497 e. The predicted molar refractivity (Wildman–Crippen MR) is 102 cm³/mol. The first-order chi connectivity index (χ1) is 13.1. The summed E-state index contributed by atoms with van der Waals surface area (Å²) in [6.07, 6.45) is 0. The van der Waals surface area contributed by atoms with Gasteiger partial charge in [-0.25, -0.2) is 0 Å². The van der Waals surface area contributed by atoms with Crippen LogP contribution < -0.4 is 10.1 Å². The Balaban J connectivity index is 1.68. The van der Waals surface area contributed by atoms with Crippen molar-refractivity contribution >= 4 is 5.91 Å². The first-order valence-corrected chi connectivity index (χ1v) is 8.83. The predicted octanol–water partition coefficient (Wildman–Crippen LogP) is 2.86. The number of benzene rings is 2. The van der Waals surface area contributed by atoms with E-state index in [-0.39, 0.29) is 24.4 Å². The van der Waals surface area contributed by atoms with E-state index >= 15 is 0 Å². The van der Waals surface area contributed by atoms with Crippen molar-refractivity contribution in [1.29, 1.82) is 0 Å². The summed E-state index contributed by atoms with van der Waals surface area (Å²) in [5.74, 6) is 1.26. The summed E-state index contributed by atoms with van der Waals surface area (Å²) in [7, 11) is 1.60. The normalized spacial score (nSPS) is 12.0. The minimum atomic E-state index is -0.160. The molecule has 0 aliphatic carbocycles. The van der Waals surface area contributed by atoms with Crippen molar-refractivity contribution in [3.05, 3.63) is 60.2 Å². The van der Waals surface area contributed by atoms with Gasteiger partial charge in [-0.2, -0.15) is 4.80 Å². The molecule has 0 saturated heterocycles. The fraction of sp³-hybridized carbons (Fsp3) is 0.300. The first-order valence-electron chi connectivity index (χ1n) is 8.83. The molecule has 3 rings (SSSR count). The number of carbonyl (C=O) groups excluding carboxylic acids is 1. The number of amides is 1. The van der Waals surface area contributed by atoms with Gasteiger partial charge in [0.25, 0.3) is 0 Å². The second-order valence-corrected chi connectivity index (χ2v) is 6.58. The van der Waals surface area contributed by atoms with Crippen LogP contribution in [0.25, 0.3) is 11.4 Å². The molecule has 0 bridgehead atoms. The lowest BCUT2D eigenvalue weighted by Gasteiger charge is -2.22. The molecule has 1 atom stereocenters. The number of carbonyl (C=O) groups is 1. The minimum absolute atomic E-state index is 0.00697. The zero-order valence-electron chi connectivity index (χ0n) is 15.7. The van der Waals surface area contributed by atoms with E-state index in [1.807, 2.05) is 54.6 Å². The van der Waals surface area contributed by atoms with Crippen molar-refractivity contribution in [2.24, 2.45) is 5.92 Å². The van der Waals surface area contributed by atoms with Crippen LogP contribution >= 0.6 is 0 Å². The van der Waals surface area contributed by atoms with Gasteiger partial charge in [0.15, 0.2) is 0 Å². The van der Waals surface area contributed by atoms with E-state index in [0.29, 0.717) is 11.6 Å². The van der Waals surface area contributed by atoms with Crippen LogP contribution in [0.4, 0.5) is 0 Å². The fourth-order valence-electron chi connectivity index (χ4n) is 2.83. The molecule has 1 unspecified atom stereocenters. The van der Waals surface area contributed by atoms with Crippen LogP contribution in [-0.2, 0) is 11.3 Å². The summed E-state index contributed by atoms with van der Waals surface area (Å²) < 4.78 is 5.21. The maximum Gasteiger partial charge on any atom is 0.244 e. The number of nitrogens with zero attached hydrogens (tertiary/aromatic N) is 4. The molecule has 1 amide bonds. The second kappa shape index (κ2) is 8.44. The number of hydrogen-bond acceptors (Lipinski definition) is 5. The molecule has 1 aromatic heterocycles.